The Kier molecular flexibility index (Phi) is 5.85. The first-order chi connectivity index (χ1) is 14.7. The lowest BCUT2D eigenvalue weighted by molar-refractivity contribution is 0.0713. The van der Waals surface area contributed by atoms with E-state index in [1.165, 1.54) is 7.11 Å². The summed E-state index contributed by atoms with van der Waals surface area (Å²) in [5, 5.41) is 17.0. The summed E-state index contributed by atoms with van der Waals surface area (Å²) >= 11 is 0. The number of amides is 1. The van der Waals surface area contributed by atoms with Gasteiger partial charge in [0.25, 0.3) is 5.91 Å². The molecule has 1 aromatic heterocycles. The quantitative estimate of drug-likeness (QED) is 0.632. The molecule has 4 rings (SSSR count). The third-order valence-electron chi connectivity index (χ3n) is 4.98. The summed E-state index contributed by atoms with van der Waals surface area (Å²) < 4.78 is 5.36. The van der Waals surface area contributed by atoms with Crippen molar-refractivity contribution in [2.75, 3.05) is 20.3 Å². The molecular weight excluding hydrogens is 384 g/mol. The average molecular weight is 406 g/mol. The summed E-state index contributed by atoms with van der Waals surface area (Å²) in [6.07, 6.45) is 0.743. The minimum Gasteiger partial charge on any atom is -0.399 e. The third-order valence-corrected chi connectivity index (χ3v) is 4.98. The molecule has 8 nitrogen and oxygen atoms in total. The molecule has 0 spiro atoms. The molecular formula is C22H22N4O4. The van der Waals surface area contributed by atoms with Crippen molar-refractivity contribution in [2.24, 2.45) is 5.16 Å². The second-order valence-corrected chi connectivity index (χ2v) is 6.96. The van der Waals surface area contributed by atoms with Gasteiger partial charge in [-0.3, -0.25) is 4.79 Å². The van der Waals surface area contributed by atoms with E-state index in [-0.39, 0.29) is 12.5 Å². The fourth-order valence-corrected chi connectivity index (χ4v) is 3.54. The Hall–Kier alpha value is -3.52. The number of aromatic nitrogens is 2. The molecule has 1 N–H and O–H groups in total. The Morgan fingerprint density at radius 3 is 2.63 bits per heavy atom. The lowest BCUT2D eigenvalue weighted by atomic mass is 10.0. The maximum Gasteiger partial charge on any atom is 0.254 e. The van der Waals surface area contributed by atoms with Crippen LogP contribution < -0.4 is 0 Å². The van der Waals surface area contributed by atoms with Gasteiger partial charge in [0.2, 0.25) is 5.89 Å². The Morgan fingerprint density at radius 2 is 1.93 bits per heavy atom. The first-order valence-corrected chi connectivity index (χ1v) is 9.68. The monoisotopic (exact) mass is 406 g/mol. The molecule has 2 heterocycles. The minimum absolute atomic E-state index is 0.0730. The first kappa shape index (κ1) is 19.8. The highest BCUT2D eigenvalue weighted by atomic mass is 16.6. The highest BCUT2D eigenvalue weighted by Crippen LogP contribution is 2.32. The van der Waals surface area contributed by atoms with Gasteiger partial charge >= 0.3 is 0 Å². The van der Waals surface area contributed by atoms with Crippen molar-refractivity contribution in [3.8, 4) is 11.1 Å². The van der Waals surface area contributed by atoms with Crippen molar-refractivity contribution in [3.05, 3.63) is 71.9 Å². The van der Waals surface area contributed by atoms with Crippen LogP contribution in [0.4, 0.5) is 0 Å². The van der Waals surface area contributed by atoms with Crippen molar-refractivity contribution >= 4 is 11.6 Å². The van der Waals surface area contributed by atoms with Gasteiger partial charge in [0.15, 0.2) is 5.82 Å². The number of rotatable bonds is 6. The topological polar surface area (TPSA) is 101 Å². The predicted molar refractivity (Wildman–Crippen MR) is 110 cm³/mol. The lowest BCUT2D eigenvalue weighted by Crippen LogP contribution is -2.31. The summed E-state index contributed by atoms with van der Waals surface area (Å²) in [7, 11) is 1.47. The van der Waals surface area contributed by atoms with Gasteiger partial charge in [0.05, 0.1) is 18.9 Å². The number of hydrogen-bond donors (Lipinski definition) is 1. The second-order valence-electron chi connectivity index (χ2n) is 6.96. The standard InChI is InChI=1S/C22H22N4O4/c1-29-24-18-13-19(21-23-20(11-12-27)25-30-21)26(14-18)22(28)17-9-7-16(8-10-17)15-5-3-2-4-6-15/h2-10,19,27H,11-14H2,1H3. The van der Waals surface area contributed by atoms with E-state index in [0.717, 1.165) is 16.8 Å². The van der Waals surface area contributed by atoms with Crippen LogP contribution in [0.2, 0.25) is 0 Å². The van der Waals surface area contributed by atoms with Crippen LogP contribution in [-0.4, -0.2) is 52.0 Å². The van der Waals surface area contributed by atoms with E-state index in [0.29, 0.717) is 36.7 Å². The number of carbonyl (C=O) groups excluding carboxylic acids is 1. The fraction of sp³-hybridized carbons (Fsp3) is 0.273. The van der Waals surface area contributed by atoms with Crippen LogP contribution in [0.3, 0.4) is 0 Å². The first-order valence-electron chi connectivity index (χ1n) is 9.68. The molecule has 2 aromatic carbocycles. The molecule has 1 fully saturated rings. The van der Waals surface area contributed by atoms with Crippen LogP contribution in [0.1, 0.15) is 34.5 Å². The highest BCUT2D eigenvalue weighted by Gasteiger charge is 2.38. The van der Waals surface area contributed by atoms with E-state index in [2.05, 4.69) is 15.3 Å². The summed E-state index contributed by atoms with van der Waals surface area (Å²) in [5.41, 5.74) is 3.41. The van der Waals surface area contributed by atoms with Crippen LogP contribution >= 0.6 is 0 Å². The van der Waals surface area contributed by atoms with Gasteiger partial charge in [-0.25, -0.2) is 0 Å². The molecule has 30 heavy (non-hydrogen) atoms. The van der Waals surface area contributed by atoms with E-state index in [1.54, 1.807) is 4.90 Å². The van der Waals surface area contributed by atoms with Crippen molar-refractivity contribution in [3.63, 3.8) is 0 Å². The SMILES string of the molecule is CON=C1CC(c2nc(CCO)no2)N(C(=O)c2ccc(-c3ccccc3)cc2)C1. The number of likely N-dealkylation sites (tertiary alicyclic amines) is 1. The van der Waals surface area contributed by atoms with E-state index < -0.39 is 6.04 Å². The minimum atomic E-state index is -0.430. The molecule has 1 aliphatic rings. The number of carbonyl (C=O) groups is 1. The Bertz CT molecular complexity index is 1030. The number of aliphatic hydroxyl groups excluding tert-OH is 1. The molecule has 154 valence electrons. The summed E-state index contributed by atoms with van der Waals surface area (Å²) in [6.45, 7) is 0.242. The van der Waals surface area contributed by atoms with Gasteiger partial charge in [-0.2, -0.15) is 4.98 Å². The maximum absolute atomic E-state index is 13.3. The van der Waals surface area contributed by atoms with Crippen molar-refractivity contribution in [1.82, 2.24) is 15.0 Å². The van der Waals surface area contributed by atoms with Crippen molar-refractivity contribution in [1.29, 1.82) is 0 Å². The molecule has 8 heteroatoms. The number of hydrogen-bond acceptors (Lipinski definition) is 7. The molecule has 1 unspecified atom stereocenters. The van der Waals surface area contributed by atoms with Crippen LogP contribution in [0.25, 0.3) is 11.1 Å². The molecule has 0 bridgehead atoms. The maximum atomic E-state index is 13.3. The number of oxime groups is 1. The zero-order valence-corrected chi connectivity index (χ0v) is 16.6. The molecule has 0 radical (unpaired) electrons. The van der Waals surface area contributed by atoms with E-state index >= 15 is 0 Å². The molecule has 0 aliphatic carbocycles. The van der Waals surface area contributed by atoms with E-state index in [9.17, 15) is 4.79 Å². The molecule has 0 saturated carbocycles. The molecule has 3 aromatic rings. The zero-order valence-electron chi connectivity index (χ0n) is 16.6. The van der Waals surface area contributed by atoms with Crippen LogP contribution in [0, 0.1) is 0 Å². The van der Waals surface area contributed by atoms with Gasteiger partial charge < -0.3 is 19.4 Å². The fourth-order valence-electron chi connectivity index (χ4n) is 3.54. The van der Waals surface area contributed by atoms with Gasteiger partial charge in [-0.15, -0.1) is 0 Å². The number of aliphatic hydroxyl groups is 1. The van der Waals surface area contributed by atoms with Gasteiger partial charge in [0.1, 0.15) is 13.2 Å². The molecule has 1 amide bonds. The van der Waals surface area contributed by atoms with Crippen molar-refractivity contribution < 1.29 is 19.3 Å². The number of nitrogens with zero attached hydrogens (tertiary/aromatic N) is 4. The smallest absolute Gasteiger partial charge is 0.254 e. The molecule has 1 aliphatic heterocycles. The Labute approximate surface area is 173 Å². The van der Waals surface area contributed by atoms with Gasteiger partial charge in [0, 0.05) is 18.4 Å². The second kappa shape index (κ2) is 8.87. The van der Waals surface area contributed by atoms with E-state index in [4.69, 9.17) is 14.5 Å². The third kappa shape index (κ3) is 4.08. The Balaban J connectivity index is 1.59. The predicted octanol–water partition coefficient (Wildman–Crippen LogP) is 2.86. The molecule has 1 saturated heterocycles. The summed E-state index contributed by atoms with van der Waals surface area (Å²) in [6, 6.07) is 17.1. The largest absolute Gasteiger partial charge is 0.399 e. The molecule has 1 atom stereocenters. The van der Waals surface area contributed by atoms with Crippen molar-refractivity contribution in [2.45, 2.75) is 18.9 Å². The van der Waals surface area contributed by atoms with Gasteiger partial charge in [-0.05, 0) is 23.3 Å². The van der Waals surface area contributed by atoms with E-state index in [1.807, 2.05) is 54.6 Å². The zero-order chi connectivity index (χ0) is 20.9. The number of benzene rings is 2. The summed E-state index contributed by atoms with van der Waals surface area (Å²) in [4.78, 5) is 24.2. The lowest BCUT2D eigenvalue weighted by Gasteiger charge is -2.21. The normalized spacial score (nSPS) is 17.5. The van der Waals surface area contributed by atoms with Gasteiger partial charge in [-0.1, -0.05) is 52.8 Å². The van der Waals surface area contributed by atoms with Crippen LogP contribution in [0.15, 0.2) is 64.3 Å². The van der Waals surface area contributed by atoms with Crippen LogP contribution in [-0.2, 0) is 11.3 Å². The highest BCUT2D eigenvalue weighted by molar-refractivity contribution is 6.00. The Morgan fingerprint density at radius 1 is 1.20 bits per heavy atom. The summed E-state index contributed by atoms with van der Waals surface area (Å²) in [5.74, 6) is 0.584. The van der Waals surface area contributed by atoms with Crippen LogP contribution in [0.5, 0.6) is 0 Å². The average Bonchev–Trinajstić information content (AvgIpc) is 3.42.